The molecule has 1 atom stereocenters. The van der Waals surface area contributed by atoms with E-state index >= 15 is 0 Å². The van der Waals surface area contributed by atoms with Gasteiger partial charge in [0.1, 0.15) is 0 Å². The predicted molar refractivity (Wildman–Crippen MR) is 88.9 cm³/mol. The summed E-state index contributed by atoms with van der Waals surface area (Å²) in [5.41, 5.74) is 8.49. The van der Waals surface area contributed by atoms with E-state index in [9.17, 15) is 0 Å². The smallest absolute Gasteiger partial charge is 1.00 e. The maximum atomic E-state index is 5.52. The molecule has 4 heteroatoms. The summed E-state index contributed by atoms with van der Waals surface area (Å²) in [4.78, 5) is 0. The molecule has 0 spiro atoms. The number of hydrogen-bond acceptors (Lipinski definition) is 1. The third-order valence-corrected chi connectivity index (χ3v) is 5.41. The summed E-state index contributed by atoms with van der Waals surface area (Å²) in [6, 6.07) is 13.1. The van der Waals surface area contributed by atoms with Gasteiger partial charge in [0.05, 0.1) is 0 Å². The molecule has 1 nitrogen and oxygen atoms in total. The Hall–Kier alpha value is -0.566. The zero-order valence-corrected chi connectivity index (χ0v) is 17.5. The predicted octanol–water partition coefficient (Wildman–Crippen LogP) is -0.414. The standard InChI is InChI=1S/C20H21O.2ClH.Ti/c1-12-13(2)15(4)20(14(12)3)18-10-9-16-7-5-6-8-17(16)19(18)11-21;;;/h5-10,14H,11H2,1-4H3;2*1H;/q-1;;;+3/p-2. The fourth-order valence-electron chi connectivity index (χ4n) is 3.62. The van der Waals surface area contributed by atoms with Crippen LogP contribution < -0.4 is 24.8 Å². The second-order valence-corrected chi connectivity index (χ2v) is 6.62. The number of halogens is 2. The Labute approximate surface area is 169 Å². The van der Waals surface area contributed by atoms with Gasteiger partial charge in [0.15, 0.2) is 0 Å². The molecule has 1 unspecified atom stereocenters. The molecule has 3 rings (SSSR count). The Balaban J connectivity index is 0.00000144. The van der Waals surface area contributed by atoms with E-state index in [1.807, 2.05) is 0 Å². The zero-order chi connectivity index (χ0) is 15.9. The van der Waals surface area contributed by atoms with E-state index in [-0.39, 0.29) is 24.8 Å². The van der Waals surface area contributed by atoms with Gasteiger partial charge in [-0.2, -0.15) is 0 Å². The van der Waals surface area contributed by atoms with E-state index < -0.39 is 0 Å². The van der Waals surface area contributed by atoms with Crippen molar-refractivity contribution in [3.63, 3.8) is 0 Å². The fraction of sp³-hybridized carbons (Fsp3) is 0.300. The first kappa shape index (κ1) is 21.5. The zero-order valence-electron chi connectivity index (χ0n) is 14.4. The summed E-state index contributed by atoms with van der Waals surface area (Å²) >= 11 is 1.78. The second kappa shape index (κ2) is 8.69. The van der Waals surface area contributed by atoms with Crippen molar-refractivity contribution in [3.8, 4) is 0 Å². The largest absolute Gasteiger partial charge is 1.00 e. The number of hydrogen-bond donors (Lipinski definition) is 0. The van der Waals surface area contributed by atoms with Gasteiger partial charge < -0.3 is 24.8 Å². The average molecular weight is 396 g/mol. The minimum atomic E-state index is 0. The SMILES string of the molecule is CC1=C(C)C(C)C(c2ccc3ccccc3c2C[O][Ti+2])=C1C.[Cl-].[Cl-]. The summed E-state index contributed by atoms with van der Waals surface area (Å²) in [7, 11) is 0. The Morgan fingerprint density at radius 1 is 0.958 bits per heavy atom. The molecule has 0 N–H and O–H groups in total. The van der Waals surface area contributed by atoms with Gasteiger partial charge in [0, 0.05) is 0 Å². The quantitative estimate of drug-likeness (QED) is 0.642. The Morgan fingerprint density at radius 3 is 2.21 bits per heavy atom. The third kappa shape index (κ3) is 3.52. The van der Waals surface area contributed by atoms with E-state index in [0.29, 0.717) is 12.5 Å². The molecule has 0 aliphatic heterocycles. The summed E-state index contributed by atoms with van der Waals surface area (Å²) in [6.45, 7) is 9.72. The van der Waals surface area contributed by atoms with Crippen molar-refractivity contribution < 1.29 is 49.0 Å². The van der Waals surface area contributed by atoms with Gasteiger partial charge in [0.25, 0.3) is 0 Å². The molecule has 0 aromatic heterocycles. The van der Waals surface area contributed by atoms with Crippen LogP contribution in [-0.2, 0) is 30.7 Å². The first-order chi connectivity index (χ1) is 10.6. The van der Waals surface area contributed by atoms with Crippen LogP contribution in [0.1, 0.15) is 38.8 Å². The van der Waals surface area contributed by atoms with Crippen LogP contribution in [0.25, 0.3) is 16.3 Å². The minimum absolute atomic E-state index is 0. The molecule has 0 radical (unpaired) electrons. The van der Waals surface area contributed by atoms with E-state index in [1.165, 1.54) is 44.2 Å². The Morgan fingerprint density at radius 2 is 1.62 bits per heavy atom. The monoisotopic (exact) mass is 395 g/mol. The number of benzene rings is 2. The van der Waals surface area contributed by atoms with Gasteiger partial charge in [-0.25, -0.2) is 0 Å². The fourth-order valence-corrected chi connectivity index (χ4v) is 3.84. The molecular weight excluding hydrogens is 375 g/mol. The molecular formula is C20H21Cl2OTi. The van der Waals surface area contributed by atoms with E-state index in [2.05, 4.69) is 64.1 Å². The maximum absolute atomic E-state index is 5.52. The van der Waals surface area contributed by atoms with Crippen molar-refractivity contribution in [1.82, 2.24) is 0 Å². The van der Waals surface area contributed by atoms with Crippen molar-refractivity contribution in [2.75, 3.05) is 0 Å². The summed E-state index contributed by atoms with van der Waals surface area (Å²) in [5.74, 6) is 0.483. The maximum Gasteiger partial charge on any atom is -1.00 e. The summed E-state index contributed by atoms with van der Waals surface area (Å²) in [6.07, 6.45) is 0. The van der Waals surface area contributed by atoms with E-state index in [4.69, 9.17) is 3.32 Å². The van der Waals surface area contributed by atoms with Crippen LogP contribution in [0.2, 0.25) is 0 Å². The van der Waals surface area contributed by atoms with Crippen LogP contribution in [0, 0.1) is 5.92 Å². The summed E-state index contributed by atoms with van der Waals surface area (Å²) in [5, 5.41) is 2.58. The summed E-state index contributed by atoms with van der Waals surface area (Å²) < 4.78 is 5.52. The van der Waals surface area contributed by atoms with Gasteiger partial charge in [-0.15, -0.1) is 0 Å². The Bertz CT molecular complexity index is 808. The molecule has 2 aromatic rings. The molecule has 2 aromatic carbocycles. The van der Waals surface area contributed by atoms with Crippen LogP contribution in [-0.4, -0.2) is 0 Å². The molecule has 125 valence electrons. The molecule has 0 fully saturated rings. The average Bonchev–Trinajstić information content (AvgIpc) is 2.72. The topological polar surface area (TPSA) is 9.23 Å². The van der Waals surface area contributed by atoms with Crippen LogP contribution in [0.3, 0.4) is 0 Å². The normalized spacial score (nSPS) is 17.2. The van der Waals surface area contributed by atoms with Crippen molar-refractivity contribution in [2.24, 2.45) is 5.92 Å². The number of rotatable bonds is 3. The van der Waals surface area contributed by atoms with Crippen LogP contribution in [0.4, 0.5) is 0 Å². The Kier molecular flexibility index (Phi) is 7.78. The molecule has 0 saturated carbocycles. The van der Waals surface area contributed by atoms with Crippen molar-refractivity contribution in [3.05, 3.63) is 64.2 Å². The number of fused-ring (bicyclic) bond motifs is 1. The van der Waals surface area contributed by atoms with Crippen LogP contribution in [0.15, 0.2) is 53.1 Å². The van der Waals surface area contributed by atoms with Gasteiger partial charge in [0.2, 0.25) is 0 Å². The van der Waals surface area contributed by atoms with Crippen LogP contribution >= 0.6 is 0 Å². The van der Waals surface area contributed by atoms with Crippen molar-refractivity contribution >= 4 is 16.3 Å². The van der Waals surface area contributed by atoms with Gasteiger partial charge in [-0.1, -0.05) is 0 Å². The third-order valence-electron chi connectivity index (χ3n) is 5.19. The molecule has 0 heterocycles. The van der Waals surface area contributed by atoms with Gasteiger partial charge in [-0.3, -0.25) is 0 Å². The van der Waals surface area contributed by atoms with Gasteiger partial charge in [-0.05, 0) is 0 Å². The molecule has 1 aliphatic carbocycles. The first-order valence-electron chi connectivity index (χ1n) is 7.74. The van der Waals surface area contributed by atoms with Gasteiger partial charge >= 0.3 is 145 Å². The van der Waals surface area contributed by atoms with E-state index in [0.717, 1.165) is 0 Å². The molecule has 0 amide bonds. The molecule has 24 heavy (non-hydrogen) atoms. The first-order valence-corrected chi connectivity index (χ1v) is 8.38. The van der Waals surface area contributed by atoms with Crippen molar-refractivity contribution in [2.45, 2.75) is 34.3 Å². The minimum Gasteiger partial charge on any atom is -1.00 e. The molecule has 0 saturated heterocycles. The molecule has 1 aliphatic rings. The van der Waals surface area contributed by atoms with Crippen LogP contribution in [0.5, 0.6) is 0 Å². The second-order valence-electron chi connectivity index (χ2n) is 6.17. The number of allylic oxidation sites excluding steroid dienone is 4. The van der Waals surface area contributed by atoms with E-state index in [1.54, 1.807) is 20.8 Å². The molecule has 0 bridgehead atoms. The van der Waals surface area contributed by atoms with Crippen molar-refractivity contribution in [1.29, 1.82) is 0 Å².